The molecule has 100 valence electrons. The topological polar surface area (TPSA) is 97.2 Å². The summed E-state index contributed by atoms with van der Waals surface area (Å²) in [4.78, 5) is 26.2. The summed E-state index contributed by atoms with van der Waals surface area (Å²) in [6.07, 6.45) is 1.14. The number of anilines is 1. The van der Waals surface area contributed by atoms with Crippen molar-refractivity contribution in [2.24, 2.45) is 0 Å². The lowest BCUT2D eigenvalue weighted by atomic mass is 10.1. The zero-order chi connectivity index (χ0) is 14.1. The van der Waals surface area contributed by atoms with Crippen LogP contribution in [-0.4, -0.2) is 15.8 Å². The Morgan fingerprint density at radius 2 is 1.90 bits per heavy atom. The van der Waals surface area contributed by atoms with E-state index < -0.39 is 11.1 Å². The average molecular weight is 270 g/mol. The van der Waals surface area contributed by atoms with Crippen molar-refractivity contribution in [2.45, 2.75) is 6.17 Å². The van der Waals surface area contributed by atoms with E-state index in [4.69, 9.17) is 0 Å². The van der Waals surface area contributed by atoms with E-state index in [2.05, 4.69) is 15.6 Å². The van der Waals surface area contributed by atoms with Gasteiger partial charge in [-0.1, -0.05) is 0 Å². The Kier molecular flexibility index (Phi) is 2.79. The second-order valence-corrected chi connectivity index (χ2v) is 4.30. The fourth-order valence-corrected chi connectivity index (χ4v) is 2.04. The molecule has 1 aromatic carbocycles. The minimum absolute atomic E-state index is 0.00871. The number of non-ortho nitro benzene ring substituents is 1. The van der Waals surface area contributed by atoms with Gasteiger partial charge in [0.05, 0.1) is 10.5 Å². The third-order valence-electron chi connectivity index (χ3n) is 3.05. The molecule has 0 unspecified atom stereocenters. The van der Waals surface area contributed by atoms with Crippen molar-refractivity contribution in [3.63, 3.8) is 0 Å². The first-order valence-electron chi connectivity index (χ1n) is 5.92. The predicted molar refractivity (Wildman–Crippen MR) is 71.2 cm³/mol. The number of amides is 1. The minimum atomic E-state index is -0.465. The summed E-state index contributed by atoms with van der Waals surface area (Å²) in [5, 5.41) is 16.5. The molecule has 0 saturated carbocycles. The number of carbonyl (C=O) groups excluding carboxylic acids is 1. The molecule has 1 atom stereocenters. The third kappa shape index (κ3) is 2.05. The van der Waals surface area contributed by atoms with Crippen molar-refractivity contribution < 1.29 is 9.72 Å². The van der Waals surface area contributed by atoms with Gasteiger partial charge < -0.3 is 10.6 Å². The molecule has 7 heteroatoms. The normalized spacial score (nSPS) is 16.8. The zero-order valence-corrected chi connectivity index (χ0v) is 10.2. The lowest BCUT2D eigenvalue weighted by molar-refractivity contribution is -0.384. The SMILES string of the molecule is O=C1N[C@@H](c2ccc([N+](=O)[O-])cc2)Nc2ncccc21. The van der Waals surface area contributed by atoms with E-state index in [9.17, 15) is 14.9 Å². The van der Waals surface area contributed by atoms with Crippen molar-refractivity contribution in [1.29, 1.82) is 0 Å². The van der Waals surface area contributed by atoms with Crippen LogP contribution in [0.3, 0.4) is 0 Å². The van der Waals surface area contributed by atoms with Gasteiger partial charge in [-0.15, -0.1) is 0 Å². The average Bonchev–Trinajstić information content (AvgIpc) is 2.47. The molecule has 1 amide bonds. The van der Waals surface area contributed by atoms with Crippen LogP contribution in [0.4, 0.5) is 11.5 Å². The van der Waals surface area contributed by atoms with Crippen LogP contribution >= 0.6 is 0 Å². The van der Waals surface area contributed by atoms with Crippen LogP contribution in [0, 0.1) is 10.1 Å². The summed E-state index contributed by atoms with van der Waals surface area (Å²) >= 11 is 0. The van der Waals surface area contributed by atoms with Gasteiger partial charge in [0.25, 0.3) is 11.6 Å². The predicted octanol–water partition coefficient (Wildman–Crippen LogP) is 1.84. The smallest absolute Gasteiger partial charge is 0.269 e. The molecule has 1 aliphatic heterocycles. The minimum Gasteiger partial charge on any atom is -0.346 e. The summed E-state index contributed by atoms with van der Waals surface area (Å²) in [5.41, 5.74) is 1.21. The number of fused-ring (bicyclic) bond motifs is 1. The molecule has 0 bridgehead atoms. The number of rotatable bonds is 2. The Bertz CT molecular complexity index is 684. The number of aromatic nitrogens is 1. The van der Waals surface area contributed by atoms with Gasteiger partial charge >= 0.3 is 0 Å². The number of hydrogen-bond acceptors (Lipinski definition) is 5. The first-order valence-corrected chi connectivity index (χ1v) is 5.92. The Hall–Kier alpha value is -2.96. The number of carbonyl (C=O) groups is 1. The molecule has 1 aromatic heterocycles. The number of nitrogens with zero attached hydrogens (tertiary/aromatic N) is 2. The van der Waals surface area contributed by atoms with Gasteiger partial charge in [-0.2, -0.15) is 0 Å². The number of pyridine rings is 1. The number of benzene rings is 1. The Morgan fingerprint density at radius 1 is 1.15 bits per heavy atom. The fourth-order valence-electron chi connectivity index (χ4n) is 2.04. The molecule has 2 aromatic rings. The summed E-state index contributed by atoms with van der Waals surface area (Å²) in [6.45, 7) is 0. The van der Waals surface area contributed by atoms with Crippen LogP contribution in [0.2, 0.25) is 0 Å². The van der Waals surface area contributed by atoms with Crippen molar-refractivity contribution >= 4 is 17.4 Å². The molecule has 3 rings (SSSR count). The molecule has 20 heavy (non-hydrogen) atoms. The Balaban J connectivity index is 1.90. The first-order chi connectivity index (χ1) is 9.65. The second-order valence-electron chi connectivity index (χ2n) is 4.30. The summed E-state index contributed by atoms with van der Waals surface area (Å²) < 4.78 is 0. The van der Waals surface area contributed by atoms with E-state index in [0.29, 0.717) is 11.4 Å². The third-order valence-corrected chi connectivity index (χ3v) is 3.05. The van der Waals surface area contributed by atoms with Gasteiger partial charge in [0, 0.05) is 18.3 Å². The van der Waals surface area contributed by atoms with Crippen LogP contribution < -0.4 is 10.6 Å². The van der Waals surface area contributed by atoms with E-state index in [1.807, 2.05) is 0 Å². The van der Waals surface area contributed by atoms with Gasteiger partial charge in [-0.25, -0.2) is 4.98 Å². The highest BCUT2D eigenvalue weighted by atomic mass is 16.6. The number of nitro groups is 1. The van der Waals surface area contributed by atoms with Crippen LogP contribution in [0.5, 0.6) is 0 Å². The van der Waals surface area contributed by atoms with Crippen LogP contribution in [0.1, 0.15) is 22.1 Å². The molecule has 1 aliphatic rings. The van der Waals surface area contributed by atoms with E-state index in [0.717, 1.165) is 5.56 Å². The van der Waals surface area contributed by atoms with E-state index in [-0.39, 0.29) is 11.6 Å². The summed E-state index contributed by atoms with van der Waals surface area (Å²) in [5.74, 6) is 0.273. The van der Waals surface area contributed by atoms with Crippen LogP contribution in [-0.2, 0) is 0 Å². The Morgan fingerprint density at radius 3 is 2.60 bits per heavy atom. The monoisotopic (exact) mass is 270 g/mol. The first kappa shape index (κ1) is 12.1. The van der Waals surface area contributed by atoms with Gasteiger partial charge in [0.2, 0.25) is 0 Å². The standard InChI is InChI=1S/C13H10N4O3/c18-13-10-2-1-7-14-12(10)15-11(16-13)8-3-5-9(6-4-8)17(19)20/h1-7,11H,(H,14,15)(H,16,18)/t11-/m0/s1. The molecular weight excluding hydrogens is 260 g/mol. The summed E-state index contributed by atoms with van der Waals surface area (Å²) in [7, 11) is 0. The molecule has 0 spiro atoms. The molecule has 2 N–H and O–H groups in total. The van der Waals surface area contributed by atoms with Crippen molar-refractivity contribution in [3.05, 3.63) is 63.8 Å². The zero-order valence-electron chi connectivity index (χ0n) is 10.2. The second kappa shape index (κ2) is 4.61. The highest BCUT2D eigenvalue weighted by molar-refractivity contribution is 6.00. The highest BCUT2D eigenvalue weighted by Gasteiger charge is 2.25. The number of nitrogens with one attached hydrogen (secondary N) is 2. The van der Waals surface area contributed by atoms with Crippen LogP contribution in [0.25, 0.3) is 0 Å². The molecule has 0 aliphatic carbocycles. The molecule has 7 nitrogen and oxygen atoms in total. The molecular formula is C13H10N4O3. The molecule has 0 radical (unpaired) electrons. The highest BCUT2D eigenvalue weighted by Crippen LogP contribution is 2.25. The molecule has 2 heterocycles. The lowest BCUT2D eigenvalue weighted by Gasteiger charge is -2.27. The van der Waals surface area contributed by atoms with E-state index in [1.165, 1.54) is 12.1 Å². The number of hydrogen-bond donors (Lipinski definition) is 2. The summed E-state index contributed by atoms with van der Waals surface area (Å²) in [6, 6.07) is 9.37. The fraction of sp³-hybridized carbons (Fsp3) is 0.0769. The maximum absolute atomic E-state index is 11.9. The largest absolute Gasteiger partial charge is 0.346 e. The van der Waals surface area contributed by atoms with Gasteiger partial charge in [0.1, 0.15) is 12.0 Å². The molecule has 0 saturated heterocycles. The van der Waals surface area contributed by atoms with Crippen LogP contribution in [0.15, 0.2) is 42.6 Å². The van der Waals surface area contributed by atoms with Crippen molar-refractivity contribution in [1.82, 2.24) is 10.3 Å². The van der Waals surface area contributed by atoms with Gasteiger partial charge in [0.15, 0.2) is 0 Å². The van der Waals surface area contributed by atoms with E-state index >= 15 is 0 Å². The van der Waals surface area contributed by atoms with E-state index in [1.54, 1.807) is 30.5 Å². The van der Waals surface area contributed by atoms with Crippen molar-refractivity contribution in [3.8, 4) is 0 Å². The number of nitro benzene ring substituents is 1. The quantitative estimate of drug-likeness (QED) is 0.641. The Labute approximate surface area is 113 Å². The van der Waals surface area contributed by atoms with Gasteiger partial charge in [-0.05, 0) is 29.8 Å². The molecule has 0 fully saturated rings. The maximum Gasteiger partial charge on any atom is 0.269 e. The van der Waals surface area contributed by atoms with Crippen molar-refractivity contribution in [2.75, 3.05) is 5.32 Å². The lowest BCUT2D eigenvalue weighted by Crippen LogP contribution is -2.38. The van der Waals surface area contributed by atoms with Gasteiger partial charge in [-0.3, -0.25) is 14.9 Å². The maximum atomic E-state index is 11.9.